The highest BCUT2D eigenvalue weighted by Gasteiger charge is 2.33. The van der Waals surface area contributed by atoms with E-state index in [1.54, 1.807) is 25.1 Å². The fraction of sp³-hybridized carbons (Fsp3) is 0.500. The highest BCUT2D eigenvalue weighted by atomic mass is 35.5. The van der Waals surface area contributed by atoms with E-state index in [9.17, 15) is 8.42 Å². The molecule has 0 fully saturated rings. The molecule has 18 heavy (non-hydrogen) atoms. The molecule has 0 bridgehead atoms. The van der Waals surface area contributed by atoms with Crippen molar-refractivity contribution >= 4 is 21.6 Å². The van der Waals surface area contributed by atoms with E-state index in [1.165, 1.54) is 6.07 Å². The topological polar surface area (TPSA) is 72.2 Å². The number of benzene rings is 1. The number of rotatable bonds is 5. The minimum Gasteiger partial charge on any atom is -0.329 e. The van der Waals surface area contributed by atoms with Gasteiger partial charge < -0.3 is 5.73 Å². The highest BCUT2D eigenvalue weighted by molar-refractivity contribution is 7.89. The van der Waals surface area contributed by atoms with Crippen LogP contribution in [0.3, 0.4) is 0 Å². The molecule has 6 heteroatoms. The van der Waals surface area contributed by atoms with Crippen molar-refractivity contribution < 1.29 is 8.42 Å². The molecular formula is C12H19ClN2O2S. The normalized spacial score (nSPS) is 15.7. The van der Waals surface area contributed by atoms with E-state index < -0.39 is 15.6 Å². The summed E-state index contributed by atoms with van der Waals surface area (Å²) in [6.45, 7) is 5.84. The van der Waals surface area contributed by atoms with Gasteiger partial charge >= 0.3 is 0 Å². The largest absolute Gasteiger partial charge is 0.329 e. The Labute approximate surface area is 114 Å². The van der Waals surface area contributed by atoms with Crippen molar-refractivity contribution in [2.75, 3.05) is 6.54 Å². The number of nitrogens with one attached hydrogen (secondary N) is 1. The number of halogens is 1. The molecule has 0 radical (unpaired) electrons. The second-order valence-corrected chi connectivity index (χ2v) is 6.87. The first-order valence-corrected chi connectivity index (χ1v) is 7.57. The smallest absolute Gasteiger partial charge is 0.242 e. The number of hydrogen-bond donors (Lipinski definition) is 2. The van der Waals surface area contributed by atoms with Crippen molar-refractivity contribution in [2.24, 2.45) is 11.7 Å². The van der Waals surface area contributed by atoms with Crippen LogP contribution in [0.25, 0.3) is 0 Å². The van der Waals surface area contributed by atoms with Crippen molar-refractivity contribution in [1.29, 1.82) is 0 Å². The summed E-state index contributed by atoms with van der Waals surface area (Å²) in [6, 6.07) is 6.34. The summed E-state index contributed by atoms with van der Waals surface area (Å²) in [5.74, 6) is 0.0692. The van der Waals surface area contributed by atoms with Crippen LogP contribution >= 0.6 is 11.6 Å². The monoisotopic (exact) mass is 290 g/mol. The molecular weight excluding hydrogens is 272 g/mol. The van der Waals surface area contributed by atoms with Gasteiger partial charge in [0, 0.05) is 12.1 Å². The predicted molar refractivity (Wildman–Crippen MR) is 74.1 cm³/mol. The van der Waals surface area contributed by atoms with Crippen LogP contribution in [-0.4, -0.2) is 20.5 Å². The van der Waals surface area contributed by atoms with Gasteiger partial charge in [-0.1, -0.05) is 37.6 Å². The molecule has 1 atom stereocenters. The molecule has 0 amide bonds. The lowest BCUT2D eigenvalue weighted by Crippen LogP contribution is -2.54. The number of hydrogen-bond acceptors (Lipinski definition) is 3. The summed E-state index contributed by atoms with van der Waals surface area (Å²) in [4.78, 5) is 0.0759. The van der Waals surface area contributed by atoms with Crippen molar-refractivity contribution in [3.05, 3.63) is 29.3 Å². The lowest BCUT2D eigenvalue weighted by Gasteiger charge is -2.33. The Morgan fingerprint density at radius 1 is 1.39 bits per heavy atom. The van der Waals surface area contributed by atoms with E-state index in [1.807, 2.05) is 13.8 Å². The molecule has 0 spiro atoms. The summed E-state index contributed by atoms with van der Waals surface area (Å²) in [6.07, 6.45) is 0. The van der Waals surface area contributed by atoms with Gasteiger partial charge in [-0.3, -0.25) is 0 Å². The van der Waals surface area contributed by atoms with Crippen LogP contribution < -0.4 is 10.5 Å². The SMILES string of the molecule is CC(C)C(C)(CN)NS(=O)(=O)c1ccccc1Cl. The number of sulfonamides is 1. The molecule has 4 nitrogen and oxygen atoms in total. The zero-order chi connectivity index (χ0) is 14.0. The maximum Gasteiger partial charge on any atom is 0.242 e. The maximum absolute atomic E-state index is 12.3. The number of nitrogens with two attached hydrogens (primary N) is 1. The first-order valence-electron chi connectivity index (χ1n) is 5.71. The van der Waals surface area contributed by atoms with Crippen molar-refractivity contribution in [3.63, 3.8) is 0 Å². The lowest BCUT2D eigenvalue weighted by molar-refractivity contribution is 0.315. The second-order valence-electron chi connectivity index (χ2n) is 4.81. The van der Waals surface area contributed by atoms with Gasteiger partial charge in [-0.2, -0.15) is 0 Å². The van der Waals surface area contributed by atoms with Crippen LogP contribution in [0.4, 0.5) is 0 Å². The standard InChI is InChI=1S/C12H19ClN2O2S/c1-9(2)12(3,8-14)15-18(16,17)11-7-5-4-6-10(11)13/h4-7,9,15H,8,14H2,1-3H3. The van der Waals surface area contributed by atoms with Crippen LogP contribution in [0.15, 0.2) is 29.2 Å². The van der Waals surface area contributed by atoms with E-state index >= 15 is 0 Å². The van der Waals surface area contributed by atoms with Gasteiger partial charge in [0.05, 0.1) is 5.02 Å². The maximum atomic E-state index is 12.3. The van der Waals surface area contributed by atoms with E-state index in [0.717, 1.165) is 0 Å². The van der Waals surface area contributed by atoms with Crippen molar-refractivity contribution in [1.82, 2.24) is 4.72 Å². The highest BCUT2D eigenvalue weighted by Crippen LogP contribution is 2.24. The second kappa shape index (κ2) is 5.57. The Morgan fingerprint density at radius 3 is 2.39 bits per heavy atom. The fourth-order valence-corrected chi connectivity index (χ4v) is 3.49. The molecule has 0 aliphatic heterocycles. The summed E-state index contributed by atoms with van der Waals surface area (Å²) < 4.78 is 27.2. The van der Waals surface area contributed by atoms with Gasteiger partial charge in [-0.25, -0.2) is 13.1 Å². The molecule has 1 unspecified atom stereocenters. The van der Waals surface area contributed by atoms with Crippen LogP contribution in [0.2, 0.25) is 5.02 Å². The quantitative estimate of drug-likeness (QED) is 0.871. The Bertz CT molecular complexity index is 517. The third-order valence-corrected chi connectivity index (χ3v) is 5.30. The van der Waals surface area contributed by atoms with Gasteiger partial charge in [0.2, 0.25) is 10.0 Å². The molecule has 102 valence electrons. The Hall–Kier alpha value is -0.620. The fourth-order valence-electron chi connectivity index (χ4n) is 1.42. The molecule has 3 N–H and O–H groups in total. The van der Waals surface area contributed by atoms with Crippen molar-refractivity contribution in [3.8, 4) is 0 Å². The van der Waals surface area contributed by atoms with Gasteiger partial charge in [-0.15, -0.1) is 0 Å². The first kappa shape index (κ1) is 15.4. The van der Waals surface area contributed by atoms with Crippen LogP contribution in [0.1, 0.15) is 20.8 Å². The van der Waals surface area contributed by atoms with E-state index in [0.29, 0.717) is 0 Å². The molecule has 0 aromatic heterocycles. The summed E-state index contributed by atoms with van der Waals surface area (Å²) in [7, 11) is -3.67. The summed E-state index contributed by atoms with van der Waals surface area (Å²) in [5.41, 5.74) is 4.97. The Morgan fingerprint density at radius 2 is 1.94 bits per heavy atom. The summed E-state index contributed by atoms with van der Waals surface area (Å²) in [5, 5.41) is 0.202. The first-order chi connectivity index (χ1) is 8.23. The van der Waals surface area contributed by atoms with Crippen LogP contribution in [-0.2, 0) is 10.0 Å². The molecule has 1 aromatic rings. The van der Waals surface area contributed by atoms with E-state index in [4.69, 9.17) is 17.3 Å². The Balaban J connectivity index is 3.14. The molecule has 1 aromatic carbocycles. The molecule has 0 aliphatic rings. The van der Waals surface area contributed by atoms with Crippen LogP contribution in [0.5, 0.6) is 0 Å². The average molecular weight is 291 g/mol. The predicted octanol–water partition coefficient (Wildman–Crippen LogP) is 1.99. The third-order valence-electron chi connectivity index (χ3n) is 3.19. The minimum atomic E-state index is -3.67. The van der Waals surface area contributed by atoms with Gasteiger partial charge in [0.15, 0.2) is 0 Å². The Kier molecular flexibility index (Phi) is 4.78. The average Bonchev–Trinajstić information content (AvgIpc) is 2.28. The van der Waals surface area contributed by atoms with Gasteiger partial charge in [-0.05, 0) is 25.0 Å². The van der Waals surface area contributed by atoms with Crippen LogP contribution in [0, 0.1) is 5.92 Å². The summed E-state index contributed by atoms with van der Waals surface area (Å²) >= 11 is 5.91. The van der Waals surface area contributed by atoms with E-state index in [-0.39, 0.29) is 22.4 Å². The van der Waals surface area contributed by atoms with Gasteiger partial charge in [0.1, 0.15) is 4.90 Å². The van der Waals surface area contributed by atoms with E-state index in [2.05, 4.69) is 4.72 Å². The molecule has 0 aliphatic carbocycles. The zero-order valence-corrected chi connectivity index (χ0v) is 12.3. The minimum absolute atomic E-state index is 0.0692. The lowest BCUT2D eigenvalue weighted by atomic mass is 9.90. The third kappa shape index (κ3) is 3.23. The van der Waals surface area contributed by atoms with Crippen molar-refractivity contribution in [2.45, 2.75) is 31.2 Å². The van der Waals surface area contributed by atoms with Gasteiger partial charge in [0.25, 0.3) is 0 Å². The molecule has 0 saturated carbocycles. The zero-order valence-electron chi connectivity index (χ0n) is 10.8. The molecule has 0 saturated heterocycles. The molecule has 1 rings (SSSR count). The molecule has 0 heterocycles.